The van der Waals surface area contributed by atoms with Gasteiger partial charge in [-0.15, -0.1) is 0 Å². The third kappa shape index (κ3) is 1.86. The Hall–Kier alpha value is -0.315. The Morgan fingerprint density at radius 1 is 0.933 bits per heavy atom. The summed E-state index contributed by atoms with van der Waals surface area (Å²) in [5.41, 5.74) is 0. The van der Waals surface area contributed by atoms with E-state index in [0.29, 0.717) is 5.27 Å². The van der Waals surface area contributed by atoms with Crippen LogP contribution < -0.4 is 4.78 Å². The average molecular weight is 248 g/mol. The first-order chi connectivity index (χ1) is 7.33. The molecule has 2 heterocycles. The third-order valence-corrected chi connectivity index (χ3v) is 6.54. The van der Waals surface area contributed by atoms with Crippen LogP contribution in [0.5, 0.6) is 0 Å². The molecule has 0 atom stereocenters. The largest absolute Gasteiger partial charge is 0.327 e. The fourth-order valence-electron chi connectivity index (χ4n) is 1.60. The van der Waals surface area contributed by atoms with Crippen molar-refractivity contribution >= 4 is 44.6 Å². The minimum absolute atomic E-state index is 0.570. The third-order valence-electron chi connectivity index (χ3n) is 2.31. The number of aryl methyl sites for hydroxylation is 1. The maximum Gasteiger partial charge on any atom is 0.327 e. The summed E-state index contributed by atoms with van der Waals surface area (Å²) in [7, 11) is 0. The van der Waals surface area contributed by atoms with E-state index in [4.69, 9.17) is 0 Å². The van der Waals surface area contributed by atoms with Crippen LogP contribution in [0, 0.1) is 6.92 Å². The zero-order chi connectivity index (χ0) is 10.3. The molecule has 0 unspecified atom stereocenters. The molecule has 2 aromatic rings. The number of thiophene rings is 1. The van der Waals surface area contributed by atoms with Crippen LogP contribution in [0.4, 0.5) is 0 Å². The highest BCUT2D eigenvalue weighted by atomic mass is 32.2. The van der Waals surface area contributed by atoms with Gasteiger partial charge in [0.05, 0.1) is 0 Å². The van der Waals surface area contributed by atoms with Gasteiger partial charge < -0.3 is 0 Å². The average Bonchev–Trinajstić information content (AvgIpc) is 2.82. The van der Waals surface area contributed by atoms with Gasteiger partial charge in [0.1, 0.15) is 0 Å². The molecular weight excluding hydrogens is 239 g/mol. The SMILES string of the molecule is Cc1ccc(B2Sc3ccccc3S2)s1. The molecule has 3 rings (SSSR count). The molecule has 0 nitrogen and oxygen atoms in total. The number of fused-ring (bicyclic) bond motifs is 1. The van der Waals surface area contributed by atoms with Crippen LogP contribution in [0.1, 0.15) is 4.88 Å². The lowest BCUT2D eigenvalue weighted by atomic mass is 10.1. The Morgan fingerprint density at radius 2 is 1.60 bits per heavy atom. The van der Waals surface area contributed by atoms with Gasteiger partial charge in [-0.3, -0.25) is 0 Å². The number of rotatable bonds is 1. The van der Waals surface area contributed by atoms with Crippen LogP contribution in [0.25, 0.3) is 0 Å². The summed E-state index contributed by atoms with van der Waals surface area (Å²) in [5.74, 6) is 0. The summed E-state index contributed by atoms with van der Waals surface area (Å²) >= 11 is 5.87. The molecular formula is C11H9BS3. The Morgan fingerprint density at radius 3 is 2.13 bits per heavy atom. The van der Waals surface area contributed by atoms with Crippen molar-refractivity contribution in [3.8, 4) is 0 Å². The van der Waals surface area contributed by atoms with Gasteiger partial charge in [-0.2, -0.15) is 34.6 Å². The predicted molar refractivity (Wildman–Crippen MR) is 72.6 cm³/mol. The fraction of sp³-hybridized carbons (Fsp3) is 0.0909. The van der Waals surface area contributed by atoms with Crippen LogP contribution in [0.3, 0.4) is 0 Å². The first-order valence-electron chi connectivity index (χ1n) is 4.81. The smallest absolute Gasteiger partial charge is 0.153 e. The van der Waals surface area contributed by atoms with Gasteiger partial charge in [0.2, 0.25) is 0 Å². The number of hydrogen-bond donors (Lipinski definition) is 0. The van der Waals surface area contributed by atoms with Crippen molar-refractivity contribution in [2.45, 2.75) is 16.7 Å². The molecule has 0 bridgehead atoms. The molecule has 0 spiro atoms. The summed E-state index contributed by atoms with van der Waals surface area (Å²) in [6, 6.07) is 13.1. The summed E-state index contributed by atoms with van der Waals surface area (Å²) in [4.78, 5) is 4.26. The molecule has 74 valence electrons. The molecule has 1 aromatic carbocycles. The monoisotopic (exact) mass is 248 g/mol. The molecule has 0 fully saturated rings. The van der Waals surface area contributed by atoms with E-state index < -0.39 is 0 Å². The van der Waals surface area contributed by atoms with Crippen molar-refractivity contribution in [2.24, 2.45) is 0 Å². The van der Waals surface area contributed by atoms with Crippen molar-refractivity contribution in [3.05, 3.63) is 41.3 Å². The van der Waals surface area contributed by atoms with E-state index >= 15 is 0 Å². The molecule has 0 amide bonds. The first kappa shape index (κ1) is 9.88. The van der Waals surface area contributed by atoms with Gasteiger partial charge in [-0.25, -0.2) is 0 Å². The van der Waals surface area contributed by atoms with Crippen molar-refractivity contribution in [2.75, 3.05) is 0 Å². The van der Waals surface area contributed by atoms with Crippen LogP contribution in [-0.2, 0) is 0 Å². The Bertz CT molecular complexity index is 467. The molecule has 0 saturated carbocycles. The van der Waals surface area contributed by atoms with Crippen LogP contribution >= 0.6 is 34.6 Å². The van der Waals surface area contributed by atoms with Crippen molar-refractivity contribution in [1.29, 1.82) is 0 Å². The van der Waals surface area contributed by atoms with E-state index in [1.807, 2.05) is 34.6 Å². The topological polar surface area (TPSA) is 0 Å². The van der Waals surface area contributed by atoms with Crippen molar-refractivity contribution in [1.82, 2.24) is 0 Å². The van der Waals surface area contributed by atoms with E-state index in [9.17, 15) is 0 Å². The van der Waals surface area contributed by atoms with Crippen LogP contribution in [0.15, 0.2) is 46.2 Å². The lowest BCUT2D eigenvalue weighted by Gasteiger charge is -1.97. The highest BCUT2D eigenvalue weighted by molar-refractivity contribution is 8.57. The molecule has 1 aromatic heterocycles. The minimum Gasteiger partial charge on any atom is -0.153 e. The van der Waals surface area contributed by atoms with E-state index in [1.165, 1.54) is 19.4 Å². The summed E-state index contributed by atoms with van der Waals surface area (Å²) in [6.45, 7) is 2.17. The molecule has 15 heavy (non-hydrogen) atoms. The quantitative estimate of drug-likeness (QED) is 0.706. The molecule has 4 heteroatoms. The molecule has 0 saturated heterocycles. The first-order valence-corrected chi connectivity index (χ1v) is 7.39. The number of benzene rings is 1. The van der Waals surface area contributed by atoms with E-state index in [0.717, 1.165) is 0 Å². The molecule has 0 N–H and O–H groups in total. The second kappa shape index (κ2) is 3.93. The standard InChI is InChI=1S/C11H9BS3/c1-8-6-7-11(13-8)12-14-9-4-2-3-5-10(9)15-12/h2-7H,1H3. The normalized spacial score (nSPS) is 14.3. The van der Waals surface area contributed by atoms with E-state index in [-0.39, 0.29) is 0 Å². The summed E-state index contributed by atoms with van der Waals surface area (Å²) < 4.78 is 1.48. The Kier molecular flexibility index (Phi) is 2.59. The van der Waals surface area contributed by atoms with Crippen molar-refractivity contribution in [3.63, 3.8) is 0 Å². The molecule has 0 aliphatic carbocycles. The summed E-state index contributed by atoms with van der Waals surface area (Å²) in [6.07, 6.45) is 0. The highest BCUT2D eigenvalue weighted by Crippen LogP contribution is 2.45. The zero-order valence-corrected chi connectivity index (χ0v) is 10.7. The van der Waals surface area contributed by atoms with Gasteiger partial charge in [-0.05, 0) is 29.9 Å². The lowest BCUT2D eigenvalue weighted by molar-refractivity contribution is 1.27. The van der Waals surface area contributed by atoms with Gasteiger partial charge in [0, 0.05) is 14.7 Å². The number of hydrogen-bond acceptors (Lipinski definition) is 3. The Balaban J connectivity index is 1.90. The van der Waals surface area contributed by atoms with Gasteiger partial charge in [-0.1, -0.05) is 18.2 Å². The van der Waals surface area contributed by atoms with Gasteiger partial charge in [0.15, 0.2) is 0 Å². The summed E-state index contributed by atoms with van der Waals surface area (Å²) in [5, 5.41) is 0.570. The lowest BCUT2D eigenvalue weighted by Crippen LogP contribution is -2.16. The van der Waals surface area contributed by atoms with Crippen LogP contribution in [-0.4, -0.2) is 5.27 Å². The molecule has 0 radical (unpaired) electrons. The second-order valence-electron chi connectivity index (χ2n) is 3.46. The van der Waals surface area contributed by atoms with Gasteiger partial charge in [0.25, 0.3) is 0 Å². The second-order valence-corrected chi connectivity index (χ2v) is 7.37. The van der Waals surface area contributed by atoms with E-state index in [1.54, 1.807) is 0 Å². The maximum atomic E-state index is 2.26. The highest BCUT2D eigenvalue weighted by Gasteiger charge is 2.29. The van der Waals surface area contributed by atoms with E-state index in [2.05, 4.69) is 43.3 Å². The predicted octanol–water partition coefficient (Wildman–Crippen LogP) is 3.65. The zero-order valence-electron chi connectivity index (χ0n) is 8.27. The van der Waals surface area contributed by atoms with Crippen LogP contribution in [0.2, 0.25) is 0 Å². The maximum absolute atomic E-state index is 2.26. The minimum atomic E-state index is 0.570. The molecule has 1 aliphatic rings. The fourth-order valence-corrected chi connectivity index (χ4v) is 5.55. The molecule has 1 aliphatic heterocycles. The van der Waals surface area contributed by atoms with Crippen molar-refractivity contribution < 1.29 is 0 Å². The van der Waals surface area contributed by atoms with Gasteiger partial charge >= 0.3 is 5.27 Å². The Labute approximate surface area is 102 Å².